The number of halogens is 1. The van der Waals surface area contributed by atoms with Gasteiger partial charge in [-0.3, -0.25) is 4.79 Å². The molecule has 25 heavy (non-hydrogen) atoms. The average molecular weight is 371 g/mol. The number of nitrogens with zero attached hydrogens (tertiary/aromatic N) is 1. The predicted octanol–water partition coefficient (Wildman–Crippen LogP) is 4.55. The second kappa shape index (κ2) is 8.28. The lowest BCUT2D eigenvalue weighted by molar-refractivity contribution is -0.120. The Kier molecular flexibility index (Phi) is 5.84. The Morgan fingerprint density at radius 3 is 2.84 bits per heavy atom. The summed E-state index contributed by atoms with van der Waals surface area (Å²) in [4.78, 5) is 16.7. The van der Waals surface area contributed by atoms with Crippen LogP contribution in [-0.4, -0.2) is 10.9 Å². The molecule has 0 aliphatic carbocycles. The van der Waals surface area contributed by atoms with E-state index < -0.39 is 0 Å². The van der Waals surface area contributed by atoms with E-state index in [1.54, 1.807) is 11.3 Å². The smallest absolute Gasteiger partial charge is 0.226 e. The molecular weight excluding hydrogens is 352 g/mol. The molecular formula is C20H19ClN2OS. The summed E-state index contributed by atoms with van der Waals surface area (Å²) in [6.07, 6.45) is 1.04. The van der Waals surface area contributed by atoms with Crippen molar-refractivity contribution in [2.75, 3.05) is 0 Å². The minimum Gasteiger partial charge on any atom is -0.352 e. The first-order valence-electron chi connectivity index (χ1n) is 8.09. The lowest BCUT2D eigenvalue weighted by atomic mass is 10.1. The zero-order valence-corrected chi connectivity index (χ0v) is 15.5. The third kappa shape index (κ3) is 5.15. The fourth-order valence-corrected chi connectivity index (χ4v) is 3.60. The van der Waals surface area contributed by atoms with E-state index >= 15 is 0 Å². The second-order valence-electron chi connectivity index (χ2n) is 5.92. The Bertz CT molecular complexity index is 875. The van der Waals surface area contributed by atoms with Gasteiger partial charge < -0.3 is 5.32 Å². The van der Waals surface area contributed by atoms with Gasteiger partial charge in [-0.15, -0.1) is 11.3 Å². The number of amides is 1. The minimum absolute atomic E-state index is 0.0112. The van der Waals surface area contributed by atoms with Gasteiger partial charge in [0.15, 0.2) is 0 Å². The Balaban J connectivity index is 1.54. The van der Waals surface area contributed by atoms with Crippen molar-refractivity contribution in [2.45, 2.75) is 26.3 Å². The van der Waals surface area contributed by atoms with E-state index in [-0.39, 0.29) is 5.91 Å². The lowest BCUT2D eigenvalue weighted by Gasteiger charge is -2.07. The normalized spacial score (nSPS) is 10.6. The maximum atomic E-state index is 12.1. The first kappa shape index (κ1) is 17.6. The van der Waals surface area contributed by atoms with Crippen molar-refractivity contribution in [3.8, 4) is 0 Å². The summed E-state index contributed by atoms with van der Waals surface area (Å²) in [5.41, 5.74) is 4.25. The van der Waals surface area contributed by atoms with Crippen molar-refractivity contribution in [3.63, 3.8) is 0 Å². The zero-order valence-electron chi connectivity index (χ0n) is 14.0. The van der Waals surface area contributed by atoms with E-state index in [1.165, 1.54) is 5.56 Å². The van der Waals surface area contributed by atoms with Crippen LogP contribution in [0, 0.1) is 6.92 Å². The Morgan fingerprint density at radius 2 is 2.04 bits per heavy atom. The first-order valence-corrected chi connectivity index (χ1v) is 9.35. The van der Waals surface area contributed by atoms with Crippen molar-refractivity contribution in [1.29, 1.82) is 0 Å². The lowest BCUT2D eigenvalue weighted by Crippen LogP contribution is -2.25. The van der Waals surface area contributed by atoms with Crippen LogP contribution < -0.4 is 5.32 Å². The summed E-state index contributed by atoms with van der Waals surface area (Å²) in [5, 5.41) is 6.63. The summed E-state index contributed by atoms with van der Waals surface area (Å²) in [6.45, 7) is 2.59. The van der Waals surface area contributed by atoms with E-state index in [0.717, 1.165) is 33.3 Å². The van der Waals surface area contributed by atoms with Crippen LogP contribution in [0.4, 0.5) is 0 Å². The molecule has 1 heterocycles. The highest BCUT2D eigenvalue weighted by molar-refractivity contribution is 7.09. The third-order valence-electron chi connectivity index (χ3n) is 3.92. The minimum atomic E-state index is -0.0112. The summed E-state index contributed by atoms with van der Waals surface area (Å²) >= 11 is 7.59. The summed E-state index contributed by atoms with van der Waals surface area (Å²) in [6, 6.07) is 15.8. The van der Waals surface area contributed by atoms with Crippen LogP contribution in [0.3, 0.4) is 0 Å². The van der Waals surface area contributed by atoms with E-state index in [4.69, 9.17) is 11.6 Å². The van der Waals surface area contributed by atoms with E-state index in [0.29, 0.717) is 13.0 Å². The topological polar surface area (TPSA) is 42.0 Å². The molecule has 0 saturated carbocycles. The molecule has 0 bridgehead atoms. The molecule has 3 nitrogen and oxygen atoms in total. The Hall–Kier alpha value is -2.17. The van der Waals surface area contributed by atoms with Crippen LogP contribution in [0.5, 0.6) is 0 Å². The highest BCUT2D eigenvalue weighted by atomic mass is 35.5. The highest BCUT2D eigenvalue weighted by Crippen LogP contribution is 2.18. The van der Waals surface area contributed by atoms with Gasteiger partial charge in [0.05, 0.1) is 17.1 Å². The van der Waals surface area contributed by atoms with Crippen LogP contribution in [0.25, 0.3) is 0 Å². The van der Waals surface area contributed by atoms with Gasteiger partial charge in [0.25, 0.3) is 0 Å². The number of aryl methyl sites for hydroxylation is 1. The maximum absolute atomic E-state index is 12.1. The predicted molar refractivity (Wildman–Crippen MR) is 103 cm³/mol. The quantitative estimate of drug-likeness (QED) is 0.691. The number of benzene rings is 2. The standard InChI is InChI=1S/C20H19ClN2OS/c1-14-5-2-3-7-16(14)12-22-19(24)11-18-13-25-20(23-18)10-15-6-4-8-17(21)9-15/h2-9,13H,10-12H2,1H3,(H,22,24). The molecule has 0 spiro atoms. The van der Waals surface area contributed by atoms with Crippen LogP contribution in [0.1, 0.15) is 27.4 Å². The van der Waals surface area contributed by atoms with E-state index in [2.05, 4.69) is 10.3 Å². The number of hydrogen-bond donors (Lipinski definition) is 1. The molecule has 3 aromatic rings. The SMILES string of the molecule is Cc1ccccc1CNC(=O)Cc1csc(Cc2cccc(Cl)c2)n1. The number of rotatable bonds is 6. The van der Waals surface area contributed by atoms with Gasteiger partial charge in [-0.25, -0.2) is 4.98 Å². The molecule has 3 rings (SSSR count). The van der Waals surface area contributed by atoms with E-state index in [1.807, 2.05) is 60.8 Å². The average Bonchev–Trinajstić information content (AvgIpc) is 3.01. The van der Waals surface area contributed by atoms with Crippen LogP contribution >= 0.6 is 22.9 Å². The van der Waals surface area contributed by atoms with Gasteiger partial charge in [-0.1, -0.05) is 48.0 Å². The largest absolute Gasteiger partial charge is 0.352 e. The van der Waals surface area contributed by atoms with Gasteiger partial charge in [-0.2, -0.15) is 0 Å². The van der Waals surface area contributed by atoms with Crippen molar-refractivity contribution >= 4 is 28.8 Å². The van der Waals surface area contributed by atoms with Gasteiger partial charge >= 0.3 is 0 Å². The van der Waals surface area contributed by atoms with E-state index in [9.17, 15) is 4.79 Å². The molecule has 2 aromatic carbocycles. The molecule has 0 aliphatic heterocycles. The van der Waals surface area contributed by atoms with Crippen molar-refractivity contribution in [3.05, 3.63) is 86.3 Å². The number of carbonyl (C=O) groups excluding carboxylic acids is 1. The number of thiazole rings is 1. The molecule has 1 aromatic heterocycles. The molecule has 128 valence electrons. The fourth-order valence-electron chi connectivity index (χ4n) is 2.56. The monoisotopic (exact) mass is 370 g/mol. The summed E-state index contributed by atoms with van der Waals surface area (Å²) in [7, 11) is 0. The molecule has 0 saturated heterocycles. The molecule has 0 unspecified atom stereocenters. The maximum Gasteiger partial charge on any atom is 0.226 e. The highest BCUT2D eigenvalue weighted by Gasteiger charge is 2.09. The molecule has 1 amide bonds. The molecule has 0 atom stereocenters. The Morgan fingerprint density at radius 1 is 1.20 bits per heavy atom. The molecule has 5 heteroatoms. The van der Waals surface area contributed by atoms with Crippen molar-refractivity contribution in [1.82, 2.24) is 10.3 Å². The summed E-state index contributed by atoms with van der Waals surface area (Å²) in [5.74, 6) is -0.0112. The van der Waals surface area contributed by atoms with Gasteiger partial charge in [0, 0.05) is 23.4 Å². The molecule has 1 N–H and O–H groups in total. The molecule has 0 aliphatic rings. The van der Waals surface area contributed by atoms with Gasteiger partial charge in [0.2, 0.25) is 5.91 Å². The molecule has 0 fully saturated rings. The number of aromatic nitrogens is 1. The van der Waals surface area contributed by atoms with Gasteiger partial charge in [0.1, 0.15) is 0 Å². The van der Waals surface area contributed by atoms with Crippen LogP contribution in [0.15, 0.2) is 53.9 Å². The number of hydrogen-bond acceptors (Lipinski definition) is 3. The van der Waals surface area contributed by atoms with Crippen molar-refractivity contribution < 1.29 is 4.79 Å². The number of carbonyl (C=O) groups is 1. The molecule has 0 radical (unpaired) electrons. The summed E-state index contributed by atoms with van der Waals surface area (Å²) < 4.78 is 0. The fraction of sp³-hybridized carbons (Fsp3) is 0.200. The van der Waals surface area contributed by atoms with Gasteiger partial charge in [-0.05, 0) is 35.7 Å². The zero-order chi connectivity index (χ0) is 17.6. The van der Waals surface area contributed by atoms with Crippen molar-refractivity contribution in [2.24, 2.45) is 0 Å². The van der Waals surface area contributed by atoms with Crippen LogP contribution in [-0.2, 0) is 24.2 Å². The first-order chi connectivity index (χ1) is 12.1. The third-order valence-corrected chi connectivity index (χ3v) is 5.06. The van der Waals surface area contributed by atoms with Crippen LogP contribution in [0.2, 0.25) is 5.02 Å². The second-order valence-corrected chi connectivity index (χ2v) is 7.30. The number of nitrogens with one attached hydrogen (secondary N) is 1. The Labute approximate surface area is 156 Å².